The molecule has 0 heterocycles. The van der Waals surface area contributed by atoms with Crippen molar-refractivity contribution in [3.63, 3.8) is 0 Å². The van der Waals surface area contributed by atoms with E-state index in [-0.39, 0.29) is 17.5 Å². The number of esters is 1. The molecule has 23 heavy (non-hydrogen) atoms. The van der Waals surface area contributed by atoms with Gasteiger partial charge in [0.05, 0.1) is 6.10 Å². The molecule has 2 fully saturated rings. The summed E-state index contributed by atoms with van der Waals surface area (Å²) in [7, 11) is 0. The molecule has 0 amide bonds. The minimum absolute atomic E-state index is 0.110. The summed E-state index contributed by atoms with van der Waals surface area (Å²) in [6.45, 7) is 3.76. The number of ether oxygens (including phenoxy) is 1. The fraction of sp³-hybridized carbons (Fsp3) is 0.650. The van der Waals surface area contributed by atoms with Crippen LogP contribution in [0, 0.1) is 17.3 Å². The monoisotopic (exact) mass is 314 g/mol. The van der Waals surface area contributed by atoms with E-state index in [0.717, 1.165) is 19.3 Å². The standard InChI is InChI=1S/C20H26O3/c1-12(21)23-14-4-6-15-13(11-14)3-5-17-16(15)9-10-20(2)18(17)7-8-19(20)22/h4,6,11,16-19,22H,3,5,7-10H2,1-2H3/t16-,17-,18+,19+,20+/m0/s1. The van der Waals surface area contributed by atoms with Gasteiger partial charge in [-0.1, -0.05) is 13.0 Å². The van der Waals surface area contributed by atoms with Crippen LogP contribution in [0.4, 0.5) is 0 Å². The van der Waals surface area contributed by atoms with Crippen molar-refractivity contribution in [2.75, 3.05) is 0 Å². The molecule has 1 N–H and O–H groups in total. The molecule has 1 aromatic rings. The van der Waals surface area contributed by atoms with Gasteiger partial charge in [0.1, 0.15) is 5.75 Å². The van der Waals surface area contributed by atoms with E-state index in [4.69, 9.17) is 4.74 Å². The van der Waals surface area contributed by atoms with Crippen molar-refractivity contribution < 1.29 is 14.6 Å². The summed E-state index contributed by atoms with van der Waals surface area (Å²) >= 11 is 0. The molecule has 0 bridgehead atoms. The van der Waals surface area contributed by atoms with Gasteiger partial charge < -0.3 is 9.84 Å². The average Bonchev–Trinajstić information content (AvgIpc) is 2.82. The number of aliphatic hydroxyl groups excluding tert-OH is 1. The first-order valence-electron chi connectivity index (χ1n) is 8.98. The van der Waals surface area contributed by atoms with Gasteiger partial charge in [-0.25, -0.2) is 0 Å². The SMILES string of the molecule is CC(=O)Oc1ccc2c(c1)CC[C@@H]1[C@H]3CC[C@@H](O)[C@]3(C)CC[C@@H]21. The molecule has 0 saturated heterocycles. The lowest BCUT2D eigenvalue weighted by Gasteiger charge is -2.50. The van der Waals surface area contributed by atoms with Gasteiger partial charge in [0.2, 0.25) is 0 Å². The van der Waals surface area contributed by atoms with Crippen molar-refractivity contribution in [3.05, 3.63) is 29.3 Å². The molecule has 3 aliphatic carbocycles. The maximum Gasteiger partial charge on any atom is 0.308 e. The summed E-state index contributed by atoms with van der Waals surface area (Å²) in [5, 5.41) is 10.4. The molecule has 0 aromatic heterocycles. The second-order valence-corrected chi connectivity index (χ2v) is 8.01. The Labute approximate surface area is 138 Å². The molecule has 3 heteroatoms. The summed E-state index contributed by atoms with van der Waals surface area (Å²) in [4.78, 5) is 11.2. The largest absolute Gasteiger partial charge is 0.427 e. The maximum absolute atomic E-state index is 11.2. The van der Waals surface area contributed by atoms with Crippen LogP contribution in [0.25, 0.3) is 0 Å². The van der Waals surface area contributed by atoms with Crippen molar-refractivity contribution in [1.29, 1.82) is 0 Å². The molecule has 0 aliphatic heterocycles. The Hall–Kier alpha value is -1.35. The van der Waals surface area contributed by atoms with Crippen molar-refractivity contribution in [2.45, 2.75) is 64.4 Å². The third-order valence-electron chi connectivity index (χ3n) is 6.91. The number of carbonyl (C=O) groups excluding carboxylic acids is 1. The van der Waals surface area contributed by atoms with Crippen molar-refractivity contribution in [2.24, 2.45) is 17.3 Å². The Kier molecular flexibility index (Phi) is 3.53. The maximum atomic E-state index is 11.2. The van der Waals surface area contributed by atoms with Crippen LogP contribution in [0.3, 0.4) is 0 Å². The summed E-state index contributed by atoms with van der Waals surface area (Å²) < 4.78 is 5.24. The number of carbonyl (C=O) groups is 1. The van der Waals surface area contributed by atoms with Gasteiger partial charge in [-0.05, 0) is 85.0 Å². The minimum atomic E-state index is -0.257. The quantitative estimate of drug-likeness (QED) is 0.633. The van der Waals surface area contributed by atoms with Crippen LogP contribution in [0.2, 0.25) is 0 Å². The molecule has 0 radical (unpaired) electrons. The third kappa shape index (κ3) is 2.32. The second kappa shape index (κ2) is 5.34. The average molecular weight is 314 g/mol. The molecule has 3 nitrogen and oxygen atoms in total. The van der Waals surface area contributed by atoms with Crippen LogP contribution in [0.1, 0.15) is 63.0 Å². The van der Waals surface area contributed by atoms with Crippen molar-refractivity contribution in [3.8, 4) is 5.75 Å². The van der Waals surface area contributed by atoms with Gasteiger partial charge in [0.25, 0.3) is 0 Å². The van der Waals surface area contributed by atoms with E-state index in [1.807, 2.05) is 6.07 Å². The zero-order valence-corrected chi connectivity index (χ0v) is 14.0. The van der Waals surface area contributed by atoms with E-state index in [1.54, 1.807) is 0 Å². The molecule has 0 unspecified atom stereocenters. The molecular formula is C20H26O3. The lowest BCUT2D eigenvalue weighted by molar-refractivity contribution is -0.131. The Morgan fingerprint density at radius 2 is 2.09 bits per heavy atom. The van der Waals surface area contributed by atoms with Crippen LogP contribution in [-0.4, -0.2) is 17.2 Å². The predicted molar refractivity (Wildman–Crippen MR) is 88.4 cm³/mol. The number of benzene rings is 1. The molecule has 1 aromatic carbocycles. The highest BCUT2D eigenvalue weighted by Crippen LogP contribution is 2.60. The number of aliphatic hydroxyl groups is 1. The van der Waals surface area contributed by atoms with Gasteiger partial charge in [0.15, 0.2) is 0 Å². The van der Waals surface area contributed by atoms with Crippen LogP contribution < -0.4 is 4.74 Å². The van der Waals surface area contributed by atoms with Gasteiger partial charge >= 0.3 is 5.97 Å². The number of fused-ring (bicyclic) bond motifs is 5. The predicted octanol–water partition coefficient (Wildman–Crippen LogP) is 3.83. The normalized spacial score (nSPS) is 38.4. The summed E-state index contributed by atoms with van der Waals surface area (Å²) in [6.07, 6.45) is 6.62. The smallest absolute Gasteiger partial charge is 0.308 e. The van der Waals surface area contributed by atoms with E-state index in [1.165, 1.54) is 37.3 Å². The molecule has 3 aliphatic rings. The number of hydrogen-bond acceptors (Lipinski definition) is 3. The van der Waals surface area contributed by atoms with Gasteiger partial charge in [-0.15, -0.1) is 0 Å². The van der Waals surface area contributed by atoms with Gasteiger partial charge in [-0.2, -0.15) is 0 Å². The van der Waals surface area contributed by atoms with E-state index in [9.17, 15) is 9.90 Å². The Bertz CT molecular complexity index is 638. The zero-order valence-electron chi connectivity index (χ0n) is 14.0. The highest BCUT2D eigenvalue weighted by Gasteiger charge is 2.54. The fourth-order valence-corrected chi connectivity index (χ4v) is 5.76. The highest BCUT2D eigenvalue weighted by molar-refractivity contribution is 5.69. The molecule has 0 spiro atoms. The summed E-state index contributed by atoms with van der Waals surface area (Å²) in [5.74, 6) is 2.41. The Morgan fingerprint density at radius 1 is 1.26 bits per heavy atom. The van der Waals surface area contributed by atoms with E-state index >= 15 is 0 Å². The van der Waals surface area contributed by atoms with E-state index in [0.29, 0.717) is 23.5 Å². The molecule has 5 atom stereocenters. The van der Waals surface area contributed by atoms with Crippen LogP contribution in [-0.2, 0) is 11.2 Å². The topological polar surface area (TPSA) is 46.5 Å². The van der Waals surface area contributed by atoms with E-state index < -0.39 is 0 Å². The van der Waals surface area contributed by atoms with Gasteiger partial charge in [-0.3, -0.25) is 4.79 Å². The zero-order chi connectivity index (χ0) is 16.2. The lowest BCUT2D eigenvalue weighted by atomic mass is 9.55. The first-order valence-corrected chi connectivity index (χ1v) is 8.98. The number of hydrogen-bond donors (Lipinski definition) is 1. The molecule has 124 valence electrons. The van der Waals surface area contributed by atoms with Crippen LogP contribution >= 0.6 is 0 Å². The third-order valence-corrected chi connectivity index (χ3v) is 6.91. The minimum Gasteiger partial charge on any atom is -0.427 e. The molecule has 2 saturated carbocycles. The Balaban J connectivity index is 1.63. The lowest BCUT2D eigenvalue weighted by Crippen LogP contribution is -2.43. The molecular weight excluding hydrogens is 288 g/mol. The second-order valence-electron chi connectivity index (χ2n) is 8.01. The molecule has 4 rings (SSSR count). The fourth-order valence-electron chi connectivity index (χ4n) is 5.76. The summed E-state index contributed by atoms with van der Waals surface area (Å²) in [6, 6.07) is 6.18. The highest BCUT2D eigenvalue weighted by atomic mass is 16.5. The van der Waals surface area contributed by atoms with Crippen LogP contribution in [0.5, 0.6) is 5.75 Å². The first kappa shape index (κ1) is 15.2. The van der Waals surface area contributed by atoms with Crippen molar-refractivity contribution >= 4 is 5.97 Å². The van der Waals surface area contributed by atoms with E-state index in [2.05, 4.69) is 19.1 Å². The van der Waals surface area contributed by atoms with Crippen LogP contribution in [0.15, 0.2) is 18.2 Å². The van der Waals surface area contributed by atoms with Crippen molar-refractivity contribution in [1.82, 2.24) is 0 Å². The number of rotatable bonds is 1. The first-order chi connectivity index (χ1) is 11.0. The van der Waals surface area contributed by atoms with Gasteiger partial charge in [0, 0.05) is 6.92 Å². The Morgan fingerprint density at radius 3 is 2.87 bits per heavy atom. The number of aryl methyl sites for hydroxylation is 1. The summed E-state index contributed by atoms with van der Waals surface area (Å²) in [5.41, 5.74) is 2.95.